The average molecular weight is 522 g/mol. The van der Waals surface area contributed by atoms with Crippen LogP contribution in [0.5, 0.6) is 11.5 Å². The summed E-state index contributed by atoms with van der Waals surface area (Å²) in [6, 6.07) is 20.5. The molecule has 7 heteroatoms. The van der Waals surface area contributed by atoms with Crippen LogP contribution in [0.3, 0.4) is 0 Å². The van der Waals surface area contributed by atoms with Gasteiger partial charge in [-0.15, -0.1) is 0 Å². The summed E-state index contributed by atoms with van der Waals surface area (Å²) in [5.41, 5.74) is 1.57. The van der Waals surface area contributed by atoms with Crippen LogP contribution in [0.2, 0.25) is 0 Å². The fourth-order valence-electron chi connectivity index (χ4n) is 4.02. The number of hydrogen-bond donors (Lipinski definition) is 1. The van der Waals surface area contributed by atoms with Gasteiger partial charge in [0.15, 0.2) is 0 Å². The first-order chi connectivity index (χ1) is 16.5. The van der Waals surface area contributed by atoms with E-state index in [-0.39, 0.29) is 11.3 Å². The number of nitrogens with zero attached hydrogens (tertiary/aromatic N) is 1. The molecule has 0 saturated carbocycles. The van der Waals surface area contributed by atoms with E-state index in [2.05, 4.69) is 15.9 Å². The third kappa shape index (κ3) is 4.43. The van der Waals surface area contributed by atoms with Crippen LogP contribution in [-0.4, -0.2) is 30.0 Å². The van der Waals surface area contributed by atoms with Gasteiger partial charge in [-0.25, -0.2) is 0 Å². The number of Topliss-reactive ketones (excluding diaryl/α,β-unsaturated/α-hetero) is 1. The van der Waals surface area contributed by atoms with Crippen molar-refractivity contribution in [3.8, 4) is 11.5 Å². The highest BCUT2D eigenvalue weighted by Crippen LogP contribution is 2.43. The summed E-state index contributed by atoms with van der Waals surface area (Å²) in [5.74, 6) is -0.811. The molecule has 1 aliphatic heterocycles. The van der Waals surface area contributed by atoms with E-state index in [0.29, 0.717) is 41.5 Å². The van der Waals surface area contributed by atoms with Crippen molar-refractivity contribution >= 4 is 39.1 Å². The maximum Gasteiger partial charge on any atom is 0.300 e. The SMILES string of the molecule is CCOc1ccc(/C(O)=C2/C(=O)C(=O)N(c3ccccc3)C2c2ccc(Br)cc2)c(OCC)c1. The summed E-state index contributed by atoms with van der Waals surface area (Å²) < 4.78 is 12.2. The Morgan fingerprint density at radius 2 is 1.62 bits per heavy atom. The molecular weight excluding hydrogens is 498 g/mol. The number of rotatable bonds is 7. The number of aliphatic hydroxyl groups excluding tert-OH is 1. The van der Waals surface area contributed by atoms with Crippen LogP contribution >= 0.6 is 15.9 Å². The standard InChI is InChI=1S/C27H24BrNO5/c1-3-33-20-14-15-21(22(16-20)34-4-2)25(30)23-24(17-10-12-18(28)13-11-17)29(27(32)26(23)31)19-8-6-5-7-9-19/h5-16,24,30H,3-4H2,1-2H3/b25-23-. The maximum atomic E-state index is 13.3. The minimum atomic E-state index is -0.809. The van der Waals surface area contributed by atoms with E-state index in [1.54, 1.807) is 42.5 Å². The summed E-state index contributed by atoms with van der Waals surface area (Å²) in [7, 11) is 0. The molecule has 1 aliphatic rings. The lowest BCUT2D eigenvalue weighted by atomic mass is 9.95. The van der Waals surface area contributed by atoms with E-state index in [1.165, 1.54) is 4.90 Å². The van der Waals surface area contributed by atoms with E-state index in [0.717, 1.165) is 4.47 Å². The van der Waals surface area contributed by atoms with Crippen molar-refractivity contribution in [1.82, 2.24) is 0 Å². The molecule has 0 aliphatic carbocycles. The Hall–Kier alpha value is -3.58. The minimum absolute atomic E-state index is 0.00119. The monoisotopic (exact) mass is 521 g/mol. The van der Waals surface area contributed by atoms with Crippen molar-refractivity contribution in [3.05, 3.63) is 94.0 Å². The van der Waals surface area contributed by atoms with Crippen LogP contribution in [0.15, 0.2) is 82.8 Å². The Morgan fingerprint density at radius 1 is 0.941 bits per heavy atom. The molecule has 174 valence electrons. The van der Waals surface area contributed by atoms with Crippen LogP contribution in [0.4, 0.5) is 5.69 Å². The van der Waals surface area contributed by atoms with Gasteiger partial charge < -0.3 is 14.6 Å². The number of anilines is 1. The van der Waals surface area contributed by atoms with E-state index in [9.17, 15) is 14.7 Å². The molecule has 1 N–H and O–H groups in total. The number of para-hydroxylation sites is 1. The van der Waals surface area contributed by atoms with Gasteiger partial charge in [0, 0.05) is 16.2 Å². The lowest BCUT2D eigenvalue weighted by Gasteiger charge is -2.25. The Balaban J connectivity index is 1.93. The van der Waals surface area contributed by atoms with Crippen LogP contribution in [0.25, 0.3) is 5.76 Å². The lowest BCUT2D eigenvalue weighted by Crippen LogP contribution is -2.29. The number of benzene rings is 3. The molecule has 1 atom stereocenters. The first-order valence-corrected chi connectivity index (χ1v) is 11.8. The first kappa shape index (κ1) is 23.6. The molecule has 0 spiro atoms. The van der Waals surface area contributed by atoms with Gasteiger partial charge >= 0.3 is 0 Å². The molecular formula is C27H24BrNO5. The van der Waals surface area contributed by atoms with Gasteiger partial charge in [-0.1, -0.05) is 46.3 Å². The highest BCUT2D eigenvalue weighted by atomic mass is 79.9. The van der Waals surface area contributed by atoms with Crippen molar-refractivity contribution in [1.29, 1.82) is 0 Å². The van der Waals surface area contributed by atoms with Gasteiger partial charge in [-0.05, 0) is 55.8 Å². The summed E-state index contributed by atoms with van der Waals surface area (Å²) >= 11 is 3.43. The maximum absolute atomic E-state index is 13.3. The second-order valence-corrected chi connectivity index (χ2v) is 8.50. The highest BCUT2D eigenvalue weighted by molar-refractivity contribution is 9.10. The van der Waals surface area contributed by atoms with Crippen molar-refractivity contribution in [3.63, 3.8) is 0 Å². The zero-order valence-corrected chi connectivity index (χ0v) is 20.4. The molecule has 0 radical (unpaired) electrons. The van der Waals surface area contributed by atoms with E-state index >= 15 is 0 Å². The predicted molar refractivity (Wildman–Crippen MR) is 134 cm³/mol. The second kappa shape index (κ2) is 10.1. The number of amides is 1. The zero-order chi connectivity index (χ0) is 24.2. The van der Waals surface area contributed by atoms with Gasteiger partial charge in [0.05, 0.1) is 30.4 Å². The summed E-state index contributed by atoms with van der Waals surface area (Å²) in [5, 5.41) is 11.4. The number of halogens is 1. The molecule has 1 amide bonds. The molecule has 1 unspecified atom stereocenters. The number of carbonyl (C=O) groups is 2. The molecule has 6 nitrogen and oxygen atoms in total. The first-order valence-electron chi connectivity index (χ1n) is 11.0. The second-order valence-electron chi connectivity index (χ2n) is 7.58. The molecule has 0 bridgehead atoms. The van der Waals surface area contributed by atoms with E-state index in [1.807, 2.05) is 44.2 Å². The average Bonchev–Trinajstić information content (AvgIpc) is 3.11. The third-order valence-corrected chi connectivity index (χ3v) is 6.01. The smallest absolute Gasteiger partial charge is 0.300 e. The number of aliphatic hydroxyl groups is 1. The highest BCUT2D eigenvalue weighted by Gasteiger charge is 2.47. The van der Waals surface area contributed by atoms with Crippen LogP contribution in [0.1, 0.15) is 31.0 Å². The van der Waals surface area contributed by atoms with Crippen molar-refractivity contribution in [2.45, 2.75) is 19.9 Å². The summed E-state index contributed by atoms with van der Waals surface area (Å²) in [6.07, 6.45) is 0. The number of ketones is 1. The molecule has 1 heterocycles. The molecule has 0 aromatic heterocycles. The van der Waals surface area contributed by atoms with Crippen LogP contribution in [0, 0.1) is 0 Å². The molecule has 1 fully saturated rings. The van der Waals surface area contributed by atoms with Gasteiger partial charge in [-0.3, -0.25) is 14.5 Å². The zero-order valence-electron chi connectivity index (χ0n) is 18.8. The Morgan fingerprint density at radius 3 is 2.26 bits per heavy atom. The minimum Gasteiger partial charge on any atom is -0.507 e. The van der Waals surface area contributed by atoms with Crippen molar-refractivity contribution < 1.29 is 24.2 Å². The molecule has 1 saturated heterocycles. The van der Waals surface area contributed by atoms with Crippen molar-refractivity contribution in [2.24, 2.45) is 0 Å². The fourth-order valence-corrected chi connectivity index (χ4v) is 4.29. The fraction of sp³-hybridized carbons (Fsp3) is 0.185. The molecule has 3 aromatic rings. The summed E-state index contributed by atoms with van der Waals surface area (Å²) in [6.45, 7) is 4.53. The third-order valence-electron chi connectivity index (χ3n) is 5.48. The Kier molecular flexibility index (Phi) is 7.03. The predicted octanol–water partition coefficient (Wildman–Crippen LogP) is 5.87. The molecule has 34 heavy (non-hydrogen) atoms. The summed E-state index contributed by atoms with van der Waals surface area (Å²) in [4.78, 5) is 28.0. The van der Waals surface area contributed by atoms with Crippen molar-refractivity contribution in [2.75, 3.05) is 18.1 Å². The lowest BCUT2D eigenvalue weighted by molar-refractivity contribution is -0.132. The Labute approximate surface area is 206 Å². The number of ether oxygens (including phenoxy) is 2. The molecule has 3 aromatic carbocycles. The topological polar surface area (TPSA) is 76.1 Å². The van der Waals surface area contributed by atoms with E-state index < -0.39 is 17.7 Å². The van der Waals surface area contributed by atoms with Gasteiger partial charge in [0.25, 0.3) is 11.7 Å². The van der Waals surface area contributed by atoms with Gasteiger partial charge in [0.1, 0.15) is 17.3 Å². The van der Waals surface area contributed by atoms with Gasteiger partial charge in [-0.2, -0.15) is 0 Å². The van der Waals surface area contributed by atoms with Crippen LogP contribution in [-0.2, 0) is 9.59 Å². The van der Waals surface area contributed by atoms with Gasteiger partial charge in [0.2, 0.25) is 0 Å². The Bertz CT molecular complexity index is 1240. The van der Waals surface area contributed by atoms with E-state index in [4.69, 9.17) is 9.47 Å². The molecule has 4 rings (SSSR count). The number of hydrogen-bond acceptors (Lipinski definition) is 5. The quantitative estimate of drug-likeness (QED) is 0.239. The van der Waals surface area contributed by atoms with Crippen LogP contribution < -0.4 is 14.4 Å². The largest absolute Gasteiger partial charge is 0.507 e. The number of carbonyl (C=O) groups excluding carboxylic acids is 2. The normalized spacial score (nSPS) is 17.1.